The summed E-state index contributed by atoms with van der Waals surface area (Å²) < 4.78 is 31.9. The molecule has 2 aromatic rings. The maximum atomic E-state index is 13.4. The monoisotopic (exact) mass is 372 g/mol. The second-order valence-corrected chi connectivity index (χ2v) is 6.95. The Bertz CT molecular complexity index is 931. The first-order chi connectivity index (χ1) is 12.9. The number of esters is 1. The van der Waals surface area contributed by atoms with E-state index in [1.54, 1.807) is 6.07 Å². The van der Waals surface area contributed by atoms with Crippen molar-refractivity contribution in [3.63, 3.8) is 0 Å². The first kappa shape index (κ1) is 17.5. The Kier molecular flexibility index (Phi) is 4.30. The van der Waals surface area contributed by atoms with E-state index in [-0.39, 0.29) is 18.2 Å². The van der Waals surface area contributed by atoms with Gasteiger partial charge in [-0.2, -0.15) is 0 Å². The summed E-state index contributed by atoms with van der Waals surface area (Å²) >= 11 is 0. The molecule has 7 heteroatoms. The van der Waals surface area contributed by atoms with Gasteiger partial charge in [-0.25, -0.2) is 13.6 Å². The lowest BCUT2D eigenvalue weighted by molar-refractivity contribution is -0.121. The van der Waals surface area contributed by atoms with E-state index in [1.165, 1.54) is 6.07 Å². The number of hydrogen-bond acceptors (Lipinski definition) is 4. The SMILES string of the molecule is NC(=O)[C@H]1CCN(c2ccc3c(c2)C(=O)OC3Cc2ccc(F)c(F)c2)C1. The Morgan fingerprint density at radius 2 is 2.00 bits per heavy atom. The quantitative estimate of drug-likeness (QED) is 0.838. The van der Waals surface area contributed by atoms with Gasteiger partial charge in [0.25, 0.3) is 0 Å². The van der Waals surface area contributed by atoms with Gasteiger partial charge in [0.1, 0.15) is 6.10 Å². The first-order valence-electron chi connectivity index (χ1n) is 8.75. The standard InChI is InChI=1S/C20H18F2N2O3/c21-16-4-1-11(7-17(16)22)8-18-14-3-2-13(9-15(14)20(26)27-18)24-6-5-12(10-24)19(23)25/h1-4,7,9,12,18H,5-6,8,10H2,(H2,23,25)/t12-,18?/m0/s1. The highest BCUT2D eigenvalue weighted by Gasteiger charge is 2.33. The van der Waals surface area contributed by atoms with E-state index < -0.39 is 23.7 Å². The number of benzene rings is 2. The molecule has 2 aliphatic rings. The second-order valence-electron chi connectivity index (χ2n) is 6.95. The first-order valence-corrected chi connectivity index (χ1v) is 8.75. The third kappa shape index (κ3) is 3.25. The zero-order chi connectivity index (χ0) is 19.1. The molecule has 2 aliphatic heterocycles. The largest absolute Gasteiger partial charge is 0.454 e. The van der Waals surface area contributed by atoms with Crippen molar-refractivity contribution in [2.75, 3.05) is 18.0 Å². The summed E-state index contributed by atoms with van der Waals surface area (Å²) in [5.74, 6) is -2.78. The molecule has 2 aromatic carbocycles. The molecule has 0 saturated carbocycles. The van der Waals surface area contributed by atoms with Gasteiger partial charge in [0.15, 0.2) is 11.6 Å². The van der Waals surface area contributed by atoms with Gasteiger partial charge in [0.2, 0.25) is 5.91 Å². The van der Waals surface area contributed by atoms with Crippen LogP contribution in [0, 0.1) is 17.6 Å². The molecule has 2 heterocycles. The zero-order valence-electron chi connectivity index (χ0n) is 14.5. The number of amides is 1. The highest BCUT2D eigenvalue weighted by molar-refractivity contribution is 5.95. The fourth-order valence-corrected chi connectivity index (χ4v) is 3.71. The molecule has 1 amide bonds. The third-order valence-electron chi connectivity index (χ3n) is 5.21. The maximum Gasteiger partial charge on any atom is 0.339 e. The van der Waals surface area contributed by atoms with Crippen molar-refractivity contribution in [3.8, 4) is 0 Å². The lowest BCUT2D eigenvalue weighted by atomic mass is 9.98. The van der Waals surface area contributed by atoms with Crippen LogP contribution in [0.2, 0.25) is 0 Å². The van der Waals surface area contributed by atoms with Crippen LogP contribution >= 0.6 is 0 Å². The van der Waals surface area contributed by atoms with Crippen LogP contribution in [0.1, 0.15) is 34.0 Å². The predicted molar refractivity (Wildman–Crippen MR) is 94.2 cm³/mol. The molecule has 4 rings (SSSR count). The minimum absolute atomic E-state index is 0.189. The average molecular weight is 372 g/mol. The molecule has 1 fully saturated rings. The van der Waals surface area contributed by atoms with Gasteiger partial charge in [0, 0.05) is 30.8 Å². The highest BCUT2D eigenvalue weighted by atomic mass is 19.2. The molecule has 5 nitrogen and oxygen atoms in total. The number of anilines is 1. The van der Waals surface area contributed by atoms with Crippen LogP contribution in [-0.4, -0.2) is 25.0 Å². The van der Waals surface area contributed by atoms with Crippen LogP contribution in [0.25, 0.3) is 0 Å². The van der Waals surface area contributed by atoms with Crippen LogP contribution < -0.4 is 10.6 Å². The summed E-state index contributed by atoms with van der Waals surface area (Å²) in [5, 5.41) is 0. The van der Waals surface area contributed by atoms with Crippen LogP contribution in [0.4, 0.5) is 14.5 Å². The fraction of sp³-hybridized carbons (Fsp3) is 0.300. The smallest absolute Gasteiger partial charge is 0.339 e. The van der Waals surface area contributed by atoms with Crippen LogP contribution in [-0.2, 0) is 16.0 Å². The van der Waals surface area contributed by atoms with Gasteiger partial charge < -0.3 is 15.4 Å². The lowest BCUT2D eigenvalue weighted by Crippen LogP contribution is -2.27. The third-order valence-corrected chi connectivity index (χ3v) is 5.21. The molecule has 2 atom stereocenters. The minimum Gasteiger partial charge on any atom is -0.454 e. The van der Waals surface area contributed by atoms with Crippen LogP contribution in [0.3, 0.4) is 0 Å². The maximum absolute atomic E-state index is 13.4. The number of fused-ring (bicyclic) bond motifs is 1. The van der Waals surface area contributed by atoms with Gasteiger partial charge in [-0.1, -0.05) is 12.1 Å². The number of carbonyl (C=O) groups excluding carboxylic acids is 2. The van der Waals surface area contributed by atoms with Gasteiger partial charge in [-0.3, -0.25) is 4.79 Å². The Hall–Kier alpha value is -2.96. The molecule has 0 bridgehead atoms. The Balaban J connectivity index is 1.55. The van der Waals surface area contributed by atoms with Gasteiger partial charge in [0.05, 0.1) is 11.5 Å². The van der Waals surface area contributed by atoms with Gasteiger partial charge in [-0.15, -0.1) is 0 Å². The van der Waals surface area contributed by atoms with Crippen molar-refractivity contribution in [1.82, 2.24) is 0 Å². The number of hydrogen-bond donors (Lipinski definition) is 1. The number of carbonyl (C=O) groups is 2. The van der Waals surface area contributed by atoms with Crippen molar-refractivity contribution >= 4 is 17.6 Å². The van der Waals surface area contributed by atoms with Crippen LogP contribution in [0.5, 0.6) is 0 Å². The second kappa shape index (κ2) is 6.64. The van der Waals surface area contributed by atoms with Crippen molar-refractivity contribution in [3.05, 3.63) is 64.7 Å². The molecule has 0 aromatic heterocycles. The van der Waals surface area contributed by atoms with Crippen molar-refractivity contribution in [1.29, 1.82) is 0 Å². The molecule has 27 heavy (non-hydrogen) atoms. The van der Waals surface area contributed by atoms with Crippen molar-refractivity contribution in [2.24, 2.45) is 11.7 Å². The van der Waals surface area contributed by atoms with Gasteiger partial charge in [-0.05, 0) is 36.2 Å². The molecule has 0 aliphatic carbocycles. The summed E-state index contributed by atoms with van der Waals surface area (Å²) in [6.45, 7) is 1.22. The van der Waals surface area contributed by atoms with E-state index >= 15 is 0 Å². The molecule has 140 valence electrons. The zero-order valence-corrected chi connectivity index (χ0v) is 14.5. The summed E-state index contributed by atoms with van der Waals surface area (Å²) in [6.07, 6.45) is 0.418. The van der Waals surface area contributed by atoms with Crippen molar-refractivity contribution in [2.45, 2.75) is 18.9 Å². The van der Waals surface area contributed by atoms with E-state index in [1.807, 2.05) is 17.0 Å². The fourth-order valence-electron chi connectivity index (χ4n) is 3.71. The van der Waals surface area contributed by atoms with Crippen LogP contribution in [0.15, 0.2) is 36.4 Å². The molecule has 1 unspecified atom stereocenters. The summed E-state index contributed by atoms with van der Waals surface area (Å²) in [7, 11) is 0. The number of nitrogens with two attached hydrogens (primary N) is 1. The minimum atomic E-state index is -0.926. The Morgan fingerprint density at radius 3 is 2.70 bits per heavy atom. The Morgan fingerprint density at radius 1 is 1.19 bits per heavy atom. The summed E-state index contributed by atoms with van der Waals surface area (Å²) in [6, 6.07) is 9.11. The average Bonchev–Trinajstić information content (AvgIpc) is 3.24. The molecule has 0 radical (unpaired) electrons. The molecular weight excluding hydrogens is 354 g/mol. The molecule has 2 N–H and O–H groups in total. The normalized spacial score (nSPS) is 21.3. The number of cyclic esters (lactones) is 1. The lowest BCUT2D eigenvalue weighted by Gasteiger charge is -2.19. The molecule has 0 spiro atoms. The van der Waals surface area contributed by atoms with E-state index in [0.717, 1.165) is 23.4 Å². The highest BCUT2D eigenvalue weighted by Crippen LogP contribution is 2.36. The van der Waals surface area contributed by atoms with E-state index in [4.69, 9.17) is 10.5 Å². The number of ether oxygens (including phenoxy) is 1. The Labute approximate surface area is 154 Å². The van der Waals surface area contributed by atoms with E-state index in [2.05, 4.69) is 0 Å². The number of rotatable bonds is 4. The summed E-state index contributed by atoms with van der Waals surface area (Å²) in [5.41, 5.74) is 7.94. The molecular formula is C20H18F2N2O3. The topological polar surface area (TPSA) is 72.6 Å². The number of primary amides is 1. The van der Waals surface area contributed by atoms with Gasteiger partial charge >= 0.3 is 5.97 Å². The summed E-state index contributed by atoms with van der Waals surface area (Å²) in [4.78, 5) is 25.6. The van der Waals surface area contributed by atoms with E-state index in [0.29, 0.717) is 30.6 Å². The van der Waals surface area contributed by atoms with E-state index in [9.17, 15) is 18.4 Å². The number of nitrogens with zero attached hydrogens (tertiary/aromatic N) is 1. The predicted octanol–water partition coefficient (Wildman–Crippen LogP) is 2.73. The number of halogens is 2. The van der Waals surface area contributed by atoms with Crippen molar-refractivity contribution < 1.29 is 23.1 Å². The molecule has 1 saturated heterocycles.